The van der Waals surface area contributed by atoms with Crippen LogP contribution in [-0.4, -0.2) is 14.5 Å². The molecule has 0 bridgehead atoms. The van der Waals surface area contributed by atoms with Gasteiger partial charge in [0.25, 0.3) is 5.56 Å². The van der Waals surface area contributed by atoms with Crippen LogP contribution < -0.4 is 5.56 Å². The molecule has 1 aromatic carbocycles. The van der Waals surface area contributed by atoms with Gasteiger partial charge >= 0.3 is 6.18 Å². The van der Waals surface area contributed by atoms with Crippen LogP contribution in [0.3, 0.4) is 0 Å². The second-order valence-electron chi connectivity index (χ2n) is 5.34. The highest BCUT2D eigenvalue weighted by Crippen LogP contribution is 2.32. The fourth-order valence-corrected chi connectivity index (χ4v) is 2.41. The fraction of sp³-hybridized carbons (Fsp3) is 0.188. The lowest BCUT2D eigenvalue weighted by molar-refractivity contribution is -0.138. The summed E-state index contributed by atoms with van der Waals surface area (Å²) in [5.41, 5.74) is -1.70. The highest BCUT2D eigenvalue weighted by molar-refractivity contribution is 5.85. The van der Waals surface area contributed by atoms with Gasteiger partial charge in [0.05, 0.1) is 22.2 Å². The van der Waals surface area contributed by atoms with Crippen molar-refractivity contribution in [2.75, 3.05) is 0 Å². The van der Waals surface area contributed by atoms with Crippen LogP contribution in [0.1, 0.15) is 11.3 Å². The van der Waals surface area contributed by atoms with E-state index in [4.69, 9.17) is 0 Å². The molecule has 124 valence electrons. The van der Waals surface area contributed by atoms with E-state index in [1.165, 1.54) is 30.8 Å². The lowest BCUT2D eigenvalue weighted by atomic mass is 10.1. The van der Waals surface area contributed by atoms with Crippen molar-refractivity contribution in [2.24, 2.45) is 7.05 Å². The zero-order valence-corrected chi connectivity index (χ0v) is 12.6. The molecule has 2 heterocycles. The minimum atomic E-state index is -4.57. The summed E-state index contributed by atoms with van der Waals surface area (Å²) in [7, 11) is 1.54. The van der Waals surface area contributed by atoms with Crippen molar-refractivity contribution in [3.05, 3.63) is 58.0 Å². The van der Waals surface area contributed by atoms with Crippen molar-refractivity contribution < 1.29 is 17.6 Å². The topological polar surface area (TPSA) is 47.8 Å². The number of hydrogen-bond acceptors (Lipinski definition) is 3. The molecular weight excluding hydrogens is 326 g/mol. The van der Waals surface area contributed by atoms with Gasteiger partial charge in [-0.05, 0) is 30.5 Å². The van der Waals surface area contributed by atoms with E-state index in [0.29, 0.717) is 11.6 Å². The van der Waals surface area contributed by atoms with Crippen molar-refractivity contribution in [1.29, 1.82) is 0 Å². The summed E-state index contributed by atoms with van der Waals surface area (Å²) in [5.74, 6) is -0.939. The van der Waals surface area contributed by atoms with E-state index in [1.807, 2.05) is 0 Å². The van der Waals surface area contributed by atoms with E-state index in [9.17, 15) is 22.4 Å². The molecule has 0 unspecified atom stereocenters. The number of benzene rings is 1. The normalized spacial score (nSPS) is 11.9. The number of alkyl halides is 3. The average molecular weight is 337 g/mol. The molecule has 0 aliphatic heterocycles. The standard InChI is InChI=1S/C16H11F4N3O/c1-8-12(16(18,19)20)7-21-14(22-8)11-5-9-3-4-23(2)15(24)10(9)6-13(11)17/h3-7H,1-2H3. The number of aromatic nitrogens is 3. The molecule has 3 aromatic rings. The van der Waals surface area contributed by atoms with Gasteiger partial charge in [-0.2, -0.15) is 13.2 Å². The quantitative estimate of drug-likeness (QED) is 0.639. The molecule has 24 heavy (non-hydrogen) atoms. The molecule has 0 fully saturated rings. The first kappa shape index (κ1) is 16.1. The largest absolute Gasteiger partial charge is 0.419 e. The first-order chi connectivity index (χ1) is 11.2. The van der Waals surface area contributed by atoms with E-state index in [1.54, 1.807) is 6.07 Å². The van der Waals surface area contributed by atoms with Gasteiger partial charge in [0.1, 0.15) is 5.82 Å². The summed E-state index contributed by atoms with van der Waals surface area (Å²) < 4.78 is 53.9. The molecule has 0 amide bonds. The predicted octanol–water partition coefficient (Wildman–Crippen LogP) is 3.46. The molecule has 0 saturated heterocycles. The van der Waals surface area contributed by atoms with E-state index in [2.05, 4.69) is 9.97 Å². The Kier molecular flexibility index (Phi) is 3.62. The van der Waals surface area contributed by atoms with Crippen molar-refractivity contribution in [3.63, 3.8) is 0 Å². The maximum absolute atomic E-state index is 14.3. The van der Waals surface area contributed by atoms with Crippen LogP contribution in [0.5, 0.6) is 0 Å². The van der Waals surface area contributed by atoms with Crippen LogP contribution in [0, 0.1) is 12.7 Å². The molecule has 0 saturated carbocycles. The number of hydrogen-bond donors (Lipinski definition) is 0. The maximum atomic E-state index is 14.3. The summed E-state index contributed by atoms with van der Waals surface area (Å²) in [6, 6.07) is 4.01. The number of pyridine rings is 1. The zero-order valence-electron chi connectivity index (χ0n) is 12.6. The van der Waals surface area contributed by atoms with Crippen molar-refractivity contribution in [3.8, 4) is 11.4 Å². The van der Waals surface area contributed by atoms with Gasteiger partial charge in [0.15, 0.2) is 5.82 Å². The molecule has 4 nitrogen and oxygen atoms in total. The van der Waals surface area contributed by atoms with Crippen LogP contribution in [0.2, 0.25) is 0 Å². The molecule has 3 rings (SSSR count). The summed E-state index contributed by atoms with van der Waals surface area (Å²) >= 11 is 0. The Bertz CT molecular complexity index is 1010. The Morgan fingerprint density at radius 2 is 1.92 bits per heavy atom. The highest BCUT2D eigenvalue weighted by Gasteiger charge is 2.33. The van der Waals surface area contributed by atoms with Crippen LogP contribution in [-0.2, 0) is 13.2 Å². The van der Waals surface area contributed by atoms with Crippen LogP contribution >= 0.6 is 0 Å². The predicted molar refractivity (Wildman–Crippen MR) is 79.9 cm³/mol. The van der Waals surface area contributed by atoms with Gasteiger partial charge in [-0.15, -0.1) is 0 Å². The van der Waals surface area contributed by atoms with E-state index in [0.717, 1.165) is 6.07 Å². The zero-order chi connectivity index (χ0) is 17.6. The lowest BCUT2D eigenvalue weighted by Gasteiger charge is -2.11. The van der Waals surface area contributed by atoms with Gasteiger partial charge in [-0.1, -0.05) is 0 Å². The smallest absolute Gasteiger partial charge is 0.318 e. The maximum Gasteiger partial charge on any atom is 0.419 e. The molecule has 0 aliphatic carbocycles. The number of rotatable bonds is 1. The second-order valence-corrected chi connectivity index (χ2v) is 5.34. The summed E-state index contributed by atoms with van der Waals surface area (Å²) in [5, 5.41) is 0.625. The van der Waals surface area contributed by atoms with Crippen LogP contribution in [0.25, 0.3) is 22.2 Å². The Balaban J connectivity index is 2.20. The Hall–Kier alpha value is -2.77. The summed E-state index contributed by atoms with van der Waals surface area (Å²) in [6.07, 6.45) is -2.42. The van der Waals surface area contributed by atoms with E-state index in [-0.39, 0.29) is 28.0 Å². The molecule has 2 aromatic heterocycles. The third-order valence-corrected chi connectivity index (χ3v) is 3.69. The second kappa shape index (κ2) is 5.40. The summed E-state index contributed by atoms with van der Waals surface area (Å²) in [6.45, 7) is 1.18. The molecule has 0 aliphatic rings. The van der Waals surface area contributed by atoms with E-state index < -0.39 is 17.6 Å². The monoisotopic (exact) mass is 337 g/mol. The average Bonchev–Trinajstić information content (AvgIpc) is 2.50. The SMILES string of the molecule is Cc1nc(-c2cc3ccn(C)c(=O)c3cc2F)ncc1C(F)(F)F. The molecular formula is C16H11F4N3O. The first-order valence-electron chi connectivity index (χ1n) is 6.88. The first-order valence-corrected chi connectivity index (χ1v) is 6.88. The van der Waals surface area contributed by atoms with E-state index >= 15 is 0 Å². The van der Waals surface area contributed by atoms with Crippen molar-refractivity contribution in [1.82, 2.24) is 14.5 Å². The van der Waals surface area contributed by atoms with Crippen LogP contribution in [0.4, 0.5) is 17.6 Å². The van der Waals surface area contributed by atoms with Gasteiger partial charge in [0, 0.05) is 19.4 Å². The third kappa shape index (κ3) is 2.64. The Morgan fingerprint density at radius 1 is 1.21 bits per heavy atom. The van der Waals surface area contributed by atoms with Gasteiger partial charge < -0.3 is 4.57 Å². The minimum Gasteiger partial charge on any atom is -0.318 e. The minimum absolute atomic E-state index is 0.0624. The lowest BCUT2D eigenvalue weighted by Crippen LogP contribution is -2.15. The molecule has 0 atom stereocenters. The van der Waals surface area contributed by atoms with Gasteiger partial charge in [0.2, 0.25) is 0 Å². The molecule has 0 radical (unpaired) electrons. The third-order valence-electron chi connectivity index (χ3n) is 3.69. The molecule has 0 spiro atoms. The highest BCUT2D eigenvalue weighted by atomic mass is 19.4. The number of halogens is 4. The van der Waals surface area contributed by atoms with Gasteiger partial charge in [-0.25, -0.2) is 14.4 Å². The Labute approximate surface area is 133 Å². The molecule has 0 N–H and O–H groups in total. The summed E-state index contributed by atoms with van der Waals surface area (Å²) in [4.78, 5) is 19.4. The van der Waals surface area contributed by atoms with Crippen molar-refractivity contribution in [2.45, 2.75) is 13.1 Å². The number of nitrogens with zero attached hydrogens (tertiary/aromatic N) is 3. The van der Waals surface area contributed by atoms with Gasteiger partial charge in [-0.3, -0.25) is 4.79 Å². The van der Waals surface area contributed by atoms with Crippen LogP contribution in [0.15, 0.2) is 35.4 Å². The number of aryl methyl sites for hydroxylation is 2. The molecule has 8 heteroatoms. The fourth-order valence-electron chi connectivity index (χ4n) is 2.41. The van der Waals surface area contributed by atoms with Crippen molar-refractivity contribution >= 4 is 10.8 Å². The number of fused-ring (bicyclic) bond motifs is 1. The Morgan fingerprint density at radius 3 is 2.54 bits per heavy atom.